The highest BCUT2D eigenvalue weighted by Gasteiger charge is 2.29. The van der Waals surface area contributed by atoms with Crippen molar-refractivity contribution in [3.8, 4) is 5.69 Å². The van der Waals surface area contributed by atoms with Crippen LogP contribution in [0.4, 0.5) is 13.2 Å². The Bertz CT molecular complexity index is 594. The molecule has 19 heavy (non-hydrogen) atoms. The molecule has 1 heterocycles. The smallest absolute Gasteiger partial charge is 0.317 e. The molecular weight excluding hydrogens is 255 g/mol. The van der Waals surface area contributed by atoms with Crippen molar-refractivity contribution in [3.05, 3.63) is 59.9 Å². The van der Waals surface area contributed by atoms with Gasteiger partial charge in [0.25, 0.3) is 0 Å². The number of benzene rings is 1. The van der Waals surface area contributed by atoms with Crippen LogP contribution in [0.1, 0.15) is 11.3 Å². The molecule has 98 valence electrons. The summed E-state index contributed by atoms with van der Waals surface area (Å²) in [6.45, 7) is 0. The number of hydrogen-bond acceptors (Lipinski definition) is 1. The van der Waals surface area contributed by atoms with Crippen molar-refractivity contribution in [2.45, 2.75) is 6.18 Å². The van der Waals surface area contributed by atoms with Gasteiger partial charge in [0, 0.05) is 17.6 Å². The van der Waals surface area contributed by atoms with Crippen LogP contribution in [0.25, 0.3) is 11.8 Å². The molecule has 0 N–H and O–H groups in total. The number of nitrogens with zero attached hydrogens (tertiary/aromatic N) is 1. The van der Waals surface area contributed by atoms with Crippen LogP contribution in [0, 0.1) is 0 Å². The topological polar surface area (TPSA) is 22.0 Å². The largest absolute Gasteiger partial charge is 0.416 e. The summed E-state index contributed by atoms with van der Waals surface area (Å²) in [5.74, 6) is 0. The van der Waals surface area contributed by atoms with Crippen molar-refractivity contribution in [2.24, 2.45) is 0 Å². The summed E-state index contributed by atoms with van der Waals surface area (Å²) in [5, 5.41) is 0. The molecular formula is C14H10F3NO. The Balaban J connectivity index is 2.35. The minimum atomic E-state index is -4.34. The number of allylic oxidation sites excluding steroid dienone is 1. The molecule has 0 unspecified atom stereocenters. The summed E-state index contributed by atoms with van der Waals surface area (Å²) in [6.07, 6.45) is 0.938. The van der Waals surface area contributed by atoms with Crippen molar-refractivity contribution in [1.82, 2.24) is 4.57 Å². The van der Waals surface area contributed by atoms with Gasteiger partial charge in [-0.1, -0.05) is 0 Å². The maximum absolute atomic E-state index is 12.5. The van der Waals surface area contributed by atoms with Crippen LogP contribution in [-0.2, 0) is 11.0 Å². The Morgan fingerprint density at radius 2 is 1.74 bits per heavy atom. The van der Waals surface area contributed by atoms with Gasteiger partial charge in [0.15, 0.2) is 0 Å². The van der Waals surface area contributed by atoms with E-state index >= 15 is 0 Å². The van der Waals surface area contributed by atoms with Gasteiger partial charge in [-0.3, -0.25) is 4.79 Å². The summed E-state index contributed by atoms with van der Waals surface area (Å²) in [6, 6.07) is 8.35. The van der Waals surface area contributed by atoms with Gasteiger partial charge in [-0.2, -0.15) is 13.2 Å². The second-order valence-corrected chi connectivity index (χ2v) is 3.84. The van der Waals surface area contributed by atoms with Gasteiger partial charge >= 0.3 is 6.18 Å². The van der Waals surface area contributed by atoms with Crippen molar-refractivity contribution < 1.29 is 18.0 Å². The van der Waals surface area contributed by atoms with E-state index < -0.39 is 11.7 Å². The van der Waals surface area contributed by atoms with E-state index in [4.69, 9.17) is 0 Å². The Labute approximate surface area is 107 Å². The summed E-state index contributed by atoms with van der Waals surface area (Å²) < 4.78 is 39.0. The fourth-order valence-corrected chi connectivity index (χ4v) is 1.71. The van der Waals surface area contributed by atoms with E-state index in [9.17, 15) is 18.0 Å². The maximum Gasteiger partial charge on any atom is 0.416 e. The number of aldehydes is 1. The summed E-state index contributed by atoms with van der Waals surface area (Å²) >= 11 is 0. The number of carbonyl (C=O) groups excluding carboxylic acids is 1. The molecule has 2 aromatic rings. The first-order chi connectivity index (χ1) is 9.02. The Morgan fingerprint density at radius 1 is 1.05 bits per heavy atom. The Hall–Kier alpha value is -2.30. The number of halogens is 3. The molecule has 2 nitrogen and oxygen atoms in total. The zero-order chi connectivity index (χ0) is 13.9. The molecule has 5 heteroatoms. The molecule has 0 atom stereocenters. The summed E-state index contributed by atoms with van der Waals surface area (Å²) in [4.78, 5) is 10.3. The van der Waals surface area contributed by atoms with E-state index in [2.05, 4.69) is 0 Å². The molecule has 1 aromatic heterocycles. The number of alkyl halides is 3. The van der Waals surface area contributed by atoms with Gasteiger partial charge in [0.1, 0.15) is 6.29 Å². The monoisotopic (exact) mass is 265 g/mol. The van der Waals surface area contributed by atoms with E-state index in [-0.39, 0.29) is 0 Å². The van der Waals surface area contributed by atoms with Crippen molar-refractivity contribution in [2.75, 3.05) is 0 Å². The van der Waals surface area contributed by atoms with E-state index in [1.165, 1.54) is 18.2 Å². The number of hydrogen-bond donors (Lipinski definition) is 0. The van der Waals surface area contributed by atoms with Crippen molar-refractivity contribution >= 4 is 12.4 Å². The average Bonchev–Trinajstić information content (AvgIpc) is 2.83. The molecule has 0 aliphatic carbocycles. The summed E-state index contributed by atoms with van der Waals surface area (Å²) in [7, 11) is 0. The first-order valence-electron chi connectivity index (χ1n) is 5.49. The Kier molecular flexibility index (Phi) is 3.55. The fourth-order valence-electron chi connectivity index (χ4n) is 1.71. The normalized spacial score (nSPS) is 11.9. The fraction of sp³-hybridized carbons (Fsp3) is 0.0714. The first-order valence-corrected chi connectivity index (χ1v) is 5.49. The van der Waals surface area contributed by atoms with Gasteiger partial charge in [-0.15, -0.1) is 0 Å². The predicted octanol–water partition coefficient (Wildman–Crippen LogP) is 3.71. The van der Waals surface area contributed by atoms with E-state index in [0.717, 1.165) is 12.1 Å². The van der Waals surface area contributed by atoms with Crippen LogP contribution < -0.4 is 0 Å². The third kappa shape index (κ3) is 2.93. The molecule has 1 aromatic carbocycles. The van der Waals surface area contributed by atoms with Gasteiger partial charge in [-0.25, -0.2) is 0 Å². The highest BCUT2D eigenvalue weighted by Crippen LogP contribution is 2.29. The minimum Gasteiger partial charge on any atom is -0.317 e. The first kappa shape index (κ1) is 13.1. The minimum absolute atomic E-state index is 0.601. The zero-order valence-corrected chi connectivity index (χ0v) is 9.76. The second kappa shape index (κ2) is 5.14. The number of rotatable bonds is 3. The van der Waals surface area contributed by atoms with E-state index in [1.54, 1.807) is 29.0 Å². The lowest BCUT2D eigenvalue weighted by Crippen LogP contribution is -2.05. The third-order valence-corrected chi connectivity index (χ3v) is 2.60. The van der Waals surface area contributed by atoms with Crippen LogP contribution in [0.2, 0.25) is 0 Å². The van der Waals surface area contributed by atoms with Crippen LogP contribution >= 0.6 is 0 Å². The van der Waals surface area contributed by atoms with Crippen LogP contribution in [0.15, 0.2) is 48.7 Å². The lowest BCUT2D eigenvalue weighted by Gasteiger charge is -2.09. The van der Waals surface area contributed by atoms with E-state index in [0.29, 0.717) is 17.7 Å². The van der Waals surface area contributed by atoms with Gasteiger partial charge in [0.05, 0.1) is 5.56 Å². The van der Waals surface area contributed by atoms with Crippen LogP contribution in [0.5, 0.6) is 0 Å². The van der Waals surface area contributed by atoms with Gasteiger partial charge in [-0.05, 0) is 48.6 Å². The molecule has 0 aliphatic heterocycles. The third-order valence-electron chi connectivity index (χ3n) is 2.60. The molecule has 0 saturated carbocycles. The van der Waals surface area contributed by atoms with E-state index in [1.807, 2.05) is 0 Å². The lowest BCUT2D eigenvalue weighted by atomic mass is 10.2. The molecule has 0 saturated heterocycles. The molecule has 0 radical (unpaired) electrons. The molecule has 0 spiro atoms. The quantitative estimate of drug-likeness (QED) is 0.612. The molecule has 2 rings (SSSR count). The zero-order valence-electron chi connectivity index (χ0n) is 9.76. The van der Waals surface area contributed by atoms with Crippen LogP contribution in [-0.4, -0.2) is 10.9 Å². The average molecular weight is 265 g/mol. The molecule has 0 bridgehead atoms. The van der Waals surface area contributed by atoms with Crippen molar-refractivity contribution in [3.63, 3.8) is 0 Å². The second-order valence-electron chi connectivity index (χ2n) is 3.84. The highest BCUT2D eigenvalue weighted by molar-refractivity contribution is 5.73. The molecule has 0 fully saturated rings. The highest BCUT2D eigenvalue weighted by atomic mass is 19.4. The molecule has 0 amide bonds. The number of carbonyl (C=O) groups is 1. The SMILES string of the molecule is O=CC=Cc1cccn1-c1ccc(C(F)(F)F)cc1. The Morgan fingerprint density at radius 3 is 2.32 bits per heavy atom. The summed E-state index contributed by atoms with van der Waals surface area (Å²) in [5.41, 5.74) is 0.629. The predicted molar refractivity (Wildman–Crippen MR) is 65.9 cm³/mol. The molecule has 0 aliphatic rings. The van der Waals surface area contributed by atoms with Crippen molar-refractivity contribution in [1.29, 1.82) is 0 Å². The van der Waals surface area contributed by atoms with Crippen LogP contribution in [0.3, 0.4) is 0 Å². The van der Waals surface area contributed by atoms with Gasteiger partial charge < -0.3 is 4.57 Å². The maximum atomic E-state index is 12.5. The lowest BCUT2D eigenvalue weighted by molar-refractivity contribution is -0.137. The number of aromatic nitrogens is 1. The van der Waals surface area contributed by atoms with Gasteiger partial charge in [0.2, 0.25) is 0 Å². The standard InChI is InChI=1S/C14H10F3NO/c15-14(16,17)11-5-7-13(8-6-11)18-9-1-3-12(18)4-2-10-19/h1-10H.